The molecule has 108 valence electrons. The maximum absolute atomic E-state index is 12.4. The van der Waals surface area contributed by atoms with Crippen molar-refractivity contribution in [2.75, 3.05) is 5.32 Å². The summed E-state index contributed by atoms with van der Waals surface area (Å²) in [6.07, 6.45) is 0. The molecule has 0 unspecified atom stereocenters. The average Bonchev–Trinajstić information content (AvgIpc) is 3.02. The van der Waals surface area contributed by atoms with Crippen molar-refractivity contribution >= 4 is 48.5 Å². The molecule has 0 radical (unpaired) electrons. The number of hydrogen-bond donors (Lipinski definition) is 1. The predicted molar refractivity (Wildman–Crippen MR) is 87.9 cm³/mol. The van der Waals surface area contributed by atoms with Crippen LogP contribution in [0.25, 0.3) is 10.2 Å². The highest BCUT2D eigenvalue weighted by atomic mass is 79.9. The van der Waals surface area contributed by atoms with Crippen LogP contribution in [0.15, 0.2) is 28.7 Å². The van der Waals surface area contributed by atoms with E-state index in [1.54, 1.807) is 10.7 Å². The molecule has 5 nitrogen and oxygen atoms in total. The lowest BCUT2D eigenvalue weighted by atomic mass is 10.3. The Bertz CT molecular complexity index is 824. The second-order valence-corrected chi connectivity index (χ2v) is 6.43. The summed E-state index contributed by atoms with van der Waals surface area (Å²) in [7, 11) is 0. The van der Waals surface area contributed by atoms with Gasteiger partial charge in [-0.05, 0) is 48.0 Å². The molecule has 0 aliphatic carbocycles. The first-order valence-corrected chi connectivity index (χ1v) is 8.10. The molecule has 2 heterocycles. The van der Waals surface area contributed by atoms with Crippen LogP contribution in [0, 0.1) is 6.92 Å². The Morgan fingerprint density at radius 1 is 1.48 bits per heavy atom. The van der Waals surface area contributed by atoms with Gasteiger partial charge in [0.2, 0.25) is 0 Å². The largest absolute Gasteiger partial charge is 0.296 e. The standard InChI is InChI=1S/C14H13BrN4OS/c1-3-19-10(7-8(2)18-19)13(20)17-14-16-12-9(15)5-4-6-11(12)21-14/h4-7H,3H2,1-2H3,(H,16,17,20). The molecular weight excluding hydrogens is 352 g/mol. The predicted octanol–water partition coefficient (Wildman–Crippen LogP) is 3.84. The second-order valence-electron chi connectivity index (χ2n) is 4.55. The number of thiazole rings is 1. The first-order valence-electron chi connectivity index (χ1n) is 6.49. The van der Waals surface area contributed by atoms with E-state index in [9.17, 15) is 4.79 Å². The molecule has 0 aliphatic heterocycles. The molecule has 0 fully saturated rings. The quantitative estimate of drug-likeness (QED) is 0.767. The van der Waals surface area contributed by atoms with Gasteiger partial charge in [0.1, 0.15) is 5.69 Å². The first-order chi connectivity index (χ1) is 10.1. The lowest BCUT2D eigenvalue weighted by Gasteiger charge is -2.03. The van der Waals surface area contributed by atoms with Crippen LogP contribution in [0.5, 0.6) is 0 Å². The molecule has 0 aliphatic rings. The highest BCUT2D eigenvalue weighted by Gasteiger charge is 2.15. The van der Waals surface area contributed by atoms with Crippen LogP contribution in [-0.2, 0) is 6.54 Å². The summed E-state index contributed by atoms with van der Waals surface area (Å²) in [5.41, 5.74) is 2.24. The van der Waals surface area contributed by atoms with Gasteiger partial charge < -0.3 is 0 Å². The first kappa shape index (κ1) is 14.2. The minimum absolute atomic E-state index is 0.187. The number of hydrogen-bond acceptors (Lipinski definition) is 4. The normalized spacial score (nSPS) is 11.0. The molecule has 7 heteroatoms. The van der Waals surface area contributed by atoms with Gasteiger partial charge >= 0.3 is 0 Å². The zero-order chi connectivity index (χ0) is 15.0. The topological polar surface area (TPSA) is 59.8 Å². The lowest BCUT2D eigenvalue weighted by Crippen LogP contribution is -2.17. The van der Waals surface area contributed by atoms with Gasteiger partial charge in [-0.25, -0.2) is 4.98 Å². The summed E-state index contributed by atoms with van der Waals surface area (Å²) in [5.74, 6) is -0.187. The van der Waals surface area contributed by atoms with Crippen molar-refractivity contribution < 1.29 is 4.79 Å². The Hall–Kier alpha value is -1.73. The molecule has 0 saturated carbocycles. The third-order valence-electron chi connectivity index (χ3n) is 3.02. The minimum Gasteiger partial charge on any atom is -0.296 e. The van der Waals surface area contributed by atoms with Gasteiger partial charge in [0, 0.05) is 11.0 Å². The number of halogens is 1. The Morgan fingerprint density at radius 3 is 3.00 bits per heavy atom. The number of nitrogens with zero attached hydrogens (tertiary/aromatic N) is 3. The molecule has 0 spiro atoms. The summed E-state index contributed by atoms with van der Waals surface area (Å²) in [6.45, 7) is 4.48. The van der Waals surface area contributed by atoms with Crippen LogP contribution >= 0.6 is 27.3 Å². The van der Waals surface area contributed by atoms with Gasteiger partial charge in [0.05, 0.1) is 15.9 Å². The molecule has 1 aromatic carbocycles. The van der Waals surface area contributed by atoms with Crippen molar-refractivity contribution in [3.8, 4) is 0 Å². The van der Waals surface area contributed by atoms with Crippen molar-refractivity contribution in [1.82, 2.24) is 14.8 Å². The Kier molecular flexibility index (Phi) is 3.77. The SMILES string of the molecule is CCn1nc(C)cc1C(=O)Nc1nc2c(Br)cccc2s1. The van der Waals surface area contributed by atoms with Crippen LogP contribution in [0.3, 0.4) is 0 Å². The van der Waals surface area contributed by atoms with Gasteiger partial charge in [0.25, 0.3) is 5.91 Å². The summed E-state index contributed by atoms with van der Waals surface area (Å²) in [5, 5.41) is 7.72. The van der Waals surface area contributed by atoms with Gasteiger partial charge in [-0.3, -0.25) is 14.8 Å². The highest BCUT2D eigenvalue weighted by Crippen LogP contribution is 2.31. The number of aryl methyl sites for hydroxylation is 2. The van der Waals surface area contributed by atoms with Gasteiger partial charge in [0.15, 0.2) is 5.13 Å². The zero-order valence-corrected chi connectivity index (χ0v) is 14.0. The summed E-state index contributed by atoms with van der Waals surface area (Å²) in [4.78, 5) is 16.8. The number of benzene rings is 1. The highest BCUT2D eigenvalue weighted by molar-refractivity contribution is 9.10. The molecule has 0 bridgehead atoms. The Morgan fingerprint density at radius 2 is 2.29 bits per heavy atom. The minimum atomic E-state index is -0.187. The van der Waals surface area contributed by atoms with Crippen LogP contribution in [0.2, 0.25) is 0 Å². The summed E-state index contributed by atoms with van der Waals surface area (Å²) in [6, 6.07) is 7.64. The molecule has 2 aromatic heterocycles. The molecule has 3 aromatic rings. The maximum Gasteiger partial charge on any atom is 0.275 e. The van der Waals surface area contributed by atoms with Crippen LogP contribution in [-0.4, -0.2) is 20.7 Å². The van der Waals surface area contributed by atoms with Crippen molar-refractivity contribution in [1.29, 1.82) is 0 Å². The van der Waals surface area contributed by atoms with E-state index in [4.69, 9.17) is 0 Å². The van der Waals surface area contributed by atoms with E-state index in [-0.39, 0.29) is 5.91 Å². The van der Waals surface area contributed by atoms with Gasteiger partial charge in [-0.15, -0.1) is 0 Å². The van der Waals surface area contributed by atoms with E-state index in [1.165, 1.54) is 11.3 Å². The summed E-state index contributed by atoms with van der Waals surface area (Å²) >= 11 is 4.92. The number of carbonyl (C=O) groups is 1. The van der Waals surface area contributed by atoms with Crippen molar-refractivity contribution in [3.05, 3.63) is 40.1 Å². The van der Waals surface area contributed by atoms with Gasteiger partial charge in [-0.2, -0.15) is 5.10 Å². The number of anilines is 1. The molecule has 0 saturated heterocycles. The molecule has 0 atom stereocenters. The molecular formula is C14H13BrN4OS. The monoisotopic (exact) mass is 364 g/mol. The van der Waals surface area contributed by atoms with E-state index in [0.29, 0.717) is 17.4 Å². The number of rotatable bonds is 3. The molecule has 1 amide bonds. The number of nitrogens with one attached hydrogen (secondary N) is 1. The molecule has 1 N–H and O–H groups in total. The van der Waals surface area contributed by atoms with Gasteiger partial charge in [-0.1, -0.05) is 17.4 Å². The van der Waals surface area contributed by atoms with E-state index in [0.717, 1.165) is 20.4 Å². The van der Waals surface area contributed by atoms with Crippen LogP contribution in [0.1, 0.15) is 23.1 Å². The molecule has 3 rings (SSSR count). The number of fused-ring (bicyclic) bond motifs is 1. The summed E-state index contributed by atoms with van der Waals surface area (Å²) < 4.78 is 3.64. The van der Waals surface area contributed by atoms with E-state index < -0.39 is 0 Å². The third kappa shape index (κ3) is 2.71. The smallest absolute Gasteiger partial charge is 0.275 e. The van der Waals surface area contributed by atoms with Crippen molar-refractivity contribution in [2.45, 2.75) is 20.4 Å². The van der Waals surface area contributed by atoms with Crippen LogP contribution in [0.4, 0.5) is 5.13 Å². The fraction of sp³-hybridized carbons (Fsp3) is 0.214. The third-order valence-corrected chi connectivity index (χ3v) is 4.60. The van der Waals surface area contributed by atoms with Crippen molar-refractivity contribution in [3.63, 3.8) is 0 Å². The van der Waals surface area contributed by atoms with E-state index >= 15 is 0 Å². The second kappa shape index (κ2) is 5.57. The average molecular weight is 365 g/mol. The number of amides is 1. The maximum atomic E-state index is 12.4. The number of carbonyl (C=O) groups excluding carboxylic acids is 1. The van der Waals surface area contributed by atoms with Crippen molar-refractivity contribution in [2.24, 2.45) is 0 Å². The van der Waals surface area contributed by atoms with Crippen LogP contribution < -0.4 is 5.32 Å². The molecule has 21 heavy (non-hydrogen) atoms. The fourth-order valence-corrected chi connectivity index (χ4v) is 3.57. The Balaban J connectivity index is 1.91. The van der Waals surface area contributed by atoms with E-state index in [1.807, 2.05) is 32.0 Å². The zero-order valence-electron chi connectivity index (χ0n) is 11.6. The number of para-hydroxylation sites is 1. The van der Waals surface area contributed by atoms with E-state index in [2.05, 4.69) is 31.3 Å². The Labute approximate surface area is 134 Å². The number of aromatic nitrogens is 3. The lowest BCUT2D eigenvalue weighted by molar-refractivity contribution is 0.101. The fourth-order valence-electron chi connectivity index (χ4n) is 2.10.